The van der Waals surface area contributed by atoms with Crippen LogP contribution in [0.25, 0.3) is 0 Å². The summed E-state index contributed by atoms with van der Waals surface area (Å²) in [5.74, 6) is -2.73. The first-order chi connectivity index (χ1) is 9.50. The second-order valence-corrected chi connectivity index (χ2v) is 3.83. The molecule has 1 amide bonds. The molecule has 0 fully saturated rings. The SMILES string of the molecule is O=C(Nc1c(F)cccc1[N+](=O)[O-])c1ccccc1F. The topological polar surface area (TPSA) is 72.2 Å². The molecule has 0 spiro atoms. The predicted molar refractivity (Wildman–Crippen MR) is 67.4 cm³/mol. The lowest BCUT2D eigenvalue weighted by molar-refractivity contribution is -0.384. The van der Waals surface area contributed by atoms with E-state index in [4.69, 9.17) is 0 Å². The Labute approximate surface area is 112 Å². The summed E-state index contributed by atoms with van der Waals surface area (Å²) in [6.07, 6.45) is 0. The van der Waals surface area contributed by atoms with Crippen LogP contribution in [-0.2, 0) is 0 Å². The molecule has 0 saturated carbocycles. The zero-order valence-electron chi connectivity index (χ0n) is 9.97. The molecule has 0 atom stereocenters. The minimum absolute atomic E-state index is 0.329. The largest absolute Gasteiger partial charge is 0.314 e. The molecule has 0 aliphatic rings. The Morgan fingerprint density at radius 2 is 1.70 bits per heavy atom. The van der Waals surface area contributed by atoms with Crippen LogP contribution in [0, 0.1) is 21.7 Å². The number of nitro benzene ring substituents is 1. The number of para-hydroxylation sites is 1. The molecule has 0 aliphatic carbocycles. The molecule has 7 heteroatoms. The minimum atomic E-state index is -0.969. The average molecular weight is 278 g/mol. The molecule has 0 bridgehead atoms. The van der Waals surface area contributed by atoms with Crippen molar-refractivity contribution < 1.29 is 18.5 Å². The minimum Gasteiger partial charge on any atom is -0.314 e. The molecule has 0 unspecified atom stereocenters. The van der Waals surface area contributed by atoms with E-state index in [-0.39, 0.29) is 5.56 Å². The standard InChI is InChI=1S/C13H8F2N2O3/c14-9-5-2-1-4-8(9)13(18)16-12-10(15)6-3-7-11(12)17(19)20/h1-7H,(H,16,18). The van der Waals surface area contributed by atoms with Crippen LogP contribution in [0.4, 0.5) is 20.2 Å². The highest BCUT2D eigenvalue weighted by atomic mass is 19.1. The fourth-order valence-corrected chi connectivity index (χ4v) is 1.61. The van der Waals surface area contributed by atoms with E-state index in [1.807, 2.05) is 5.32 Å². The van der Waals surface area contributed by atoms with Gasteiger partial charge in [-0.05, 0) is 18.2 Å². The Morgan fingerprint density at radius 3 is 2.35 bits per heavy atom. The molecule has 0 aromatic heterocycles. The summed E-state index contributed by atoms with van der Waals surface area (Å²) in [4.78, 5) is 21.8. The number of rotatable bonds is 3. The molecule has 0 radical (unpaired) electrons. The molecule has 5 nitrogen and oxygen atoms in total. The van der Waals surface area contributed by atoms with Crippen molar-refractivity contribution in [1.82, 2.24) is 0 Å². The van der Waals surface area contributed by atoms with E-state index < -0.39 is 33.8 Å². The van der Waals surface area contributed by atoms with E-state index >= 15 is 0 Å². The number of anilines is 1. The van der Waals surface area contributed by atoms with Gasteiger partial charge in [-0.15, -0.1) is 0 Å². The molecular weight excluding hydrogens is 270 g/mol. The maximum absolute atomic E-state index is 13.6. The molecule has 102 valence electrons. The number of amides is 1. The third kappa shape index (κ3) is 2.61. The van der Waals surface area contributed by atoms with E-state index in [2.05, 4.69) is 0 Å². The zero-order chi connectivity index (χ0) is 14.7. The van der Waals surface area contributed by atoms with Crippen LogP contribution in [0.5, 0.6) is 0 Å². The van der Waals surface area contributed by atoms with Gasteiger partial charge >= 0.3 is 0 Å². The van der Waals surface area contributed by atoms with E-state index in [9.17, 15) is 23.7 Å². The molecule has 2 rings (SSSR count). The molecule has 1 N–H and O–H groups in total. The zero-order valence-corrected chi connectivity index (χ0v) is 9.97. The molecule has 20 heavy (non-hydrogen) atoms. The van der Waals surface area contributed by atoms with Crippen molar-refractivity contribution in [1.29, 1.82) is 0 Å². The summed E-state index contributed by atoms with van der Waals surface area (Å²) in [6, 6.07) is 8.21. The number of halogens is 2. The third-order valence-corrected chi connectivity index (χ3v) is 2.55. The second kappa shape index (κ2) is 5.43. The van der Waals surface area contributed by atoms with Gasteiger partial charge in [-0.3, -0.25) is 14.9 Å². The maximum atomic E-state index is 13.6. The van der Waals surface area contributed by atoms with Gasteiger partial charge in [0.1, 0.15) is 5.82 Å². The van der Waals surface area contributed by atoms with Crippen LogP contribution in [0.15, 0.2) is 42.5 Å². The van der Waals surface area contributed by atoms with Gasteiger partial charge in [0.15, 0.2) is 11.5 Å². The molecule has 0 saturated heterocycles. The van der Waals surface area contributed by atoms with Gasteiger partial charge in [-0.1, -0.05) is 18.2 Å². The molecule has 2 aromatic rings. The van der Waals surface area contributed by atoms with Gasteiger partial charge in [0.2, 0.25) is 0 Å². The number of nitrogens with one attached hydrogen (secondary N) is 1. The fraction of sp³-hybridized carbons (Fsp3) is 0. The lowest BCUT2D eigenvalue weighted by Gasteiger charge is -2.07. The lowest BCUT2D eigenvalue weighted by atomic mass is 10.2. The number of hydrogen-bond donors (Lipinski definition) is 1. The smallest absolute Gasteiger partial charge is 0.295 e. The second-order valence-electron chi connectivity index (χ2n) is 3.83. The van der Waals surface area contributed by atoms with Gasteiger partial charge in [0.25, 0.3) is 11.6 Å². The number of hydrogen-bond acceptors (Lipinski definition) is 3. The third-order valence-electron chi connectivity index (χ3n) is 2.55. The molecule has 0 heterocycles. The van der Waals surface area contributed by atoms with Crippen LogP contribution < -0.4 is 5.32 Å². The fourth-order valence-electron chi connectivity index (χ4n) is 1.61. The monoisotopic (exact) mass is 278 g/mol. The van der Waals surface area contributed by atoms with Crippen LogP contribution >= 0.6 is 0 Å². The highest BCUT2D eigenvalue weighted by Gasteiger charge is 2.21. The molecule has 0 aliphatic heterocycles. The summed E-state index contributed by atoms with van der Waals surface area (Å²) in [7, 11) is 0. The van der Waals surface area contributed by atoms with Crippen molar-refractivity contribution in [3.8, 4) is 0 Å². The average Bonchev–Trinajstić information content (AvgIpc) is 2.41. The Morgan fingerprint density at radius 1 is 1.05 bits per heavy atom. The Hall–Kier alpha value is -2.83. The highest BCUT2D eigenvalue weighted by Crippen LogP contribution is 2.27. The summed E-state index contributed by atoms with van der Waals surface area (Å²) in [6.45, 7) is 0. The molecular formula is C13H8F2N2O3. The highest BCUT2D eigenvalue weighted by molar-refractivity contribution is 6.05. The van der Waals surface area contributed by atoms with Crippen molar-refractivity contribution >= 4 is 17.3 Å². The molecule has 2 aromatic carbocycles. The maximum Gasteiger partial charge on any atom is 0.295 e. The Kier molecular flexibility index (Phi) is 3.69. The Bertz CT molecular complexity index is 689. The summed E-state index contributed by atoms with van der Waals surface area (Å²) >= 11 is 0. The van der Waals surface area contributed by atoms with Gasteiger partial charge < -0.3 is 5.32 Å². The van der Waals surface area contributed by atoms with E-state index in [1.54, 1.807) is 0 Å². The first kappa shape index (κ1) is 13.6. The normalized spacial score (nSPS) is 10.1. The summed E-state index contributed by atoms with van der Waals surface area (Å²) < 4.78 is 27.0. The number of nitrogens with zero attached hydrogens (tertiary/aromatic N) is 1. The van der Waals surface area contributed by atoms with Crippen LogP contribution in [0.3, 0.4) is 0 Å². The van der Waals surface area contributed by atoms with E-state index in [0.717, 1.165) is 24.3 Å². The van der Waals surface area contributed by atoms with Gasteiger partial charge in [-0.2, -0.15) is 0 Å². The van der Waals surface area contributed by atoms with Crippen molar-refractivity contribution in [3.05, 3.63) is 69.8 Å². The Balaban J connectivity index is 2.38. The number of carbonyl (C=O) groups excluding carboxylic acids is 1. The summed E-state index contributed by atoms with van der Waals surface area (Å²) in [5, 5.41) is 12.8. The van der Waals surface area contributed by atoms with Crippen molar-refractivity contribution in [2.24, 2.45) is 0 Å². The summed E-state index contributed by atoms with van der Waals surface area (Å²) in [5.41, 5.74) is -1.52. The van der Waals surface area contributed by atoms with E-state index in [1.165, 1.54) is 18.2 Å². The first-order valence-electron chi connectivity index (χ1n) is 5.49. The predicted octanol–water partition coefficient (Wildman–Crippen LogP) is 3.13. The van der Waals surface area contributed by atoms with E-state index in [0.29, 0.717) is 0 Å². The van der Waals surface area contributed by atoms with Gasteiger partial charge in [0, 0.05) is 6.07 Å². The first-order valence-corrected chi connectivity index (χ1v) is 5.49. The van der Waals surface area contributed by atoms with Crippen molar-refractivity contribution in [2.75, 3.05) is 5.32 Å². The van der Waals surface area contributed by atoms with Gasteiger partial charge in [-0.25, -0.2) is 8.78 Å². The van der Waals surface area contributed by atoms with Gasteiger partial charge in [0.05, 0.1) is 10.5 Å². The number of nitro groups is 1. The van der Waals surface area contributed by atoms with Crippen molar-refractivity contribution in [2.45, 2.75) is 0 Å². The lowest BCUT2D eigenvalue weighted by Crippen LogP contribution is -2.15. The number of carbonyl (C=O) groups is 1. The van der Waals surface area contributed by atoms with Crippen LogP contribution in [0.1, 0.15) is 10.4 Å². The quantitative estimate of drug-likeness (QED) is 0.692. The number of benzene rings is 2. The van der Waals surface area contributed by atoms with Crippen molar-refractivity contribution in [3.63, 3.8) is 0 Å². The van der Waals surface area contributed by atoms with Crippen LogP contribution in [0.2, 0.25) is 0 Å². The van der Waals surface area contributed by atoms with Crippen LogP contribution in [-0.4, -0.2) is 10.8 Å².